The van der Waals surface area contributed by atoms with Crippen molar-refractivity contribution < 1.29 is 14.7 Å². The predicted octanol–water partition coefficient (Wildman–Crippen LogP) is 2.08. The van der Waals surface area contributed by atoms with Crippen molar-refractivity contribution >= 4 is 17.7 Å². The molecule has 1 aromatic heterocycles. The van der Waals surface area contributed by atoms with Crippen LogP contribution in [0, 0.1) is 6.92 Å². The molecular formula is C14H16N4O3. The lowest BCUT2D eigenvalue weighted by Crippen LogP contribution is -2.31. The number of H-pyrrole nitrogens is 1. The lowest BCUT2D eigenvalue weighted by molar-refractivity contribution is 0.0696. The molecule has 3 N–H and O–H groups in total. The van der Waals surface area contributed by atoms with Gasteiger partial charge in [0.05, 0.1) is 12.1 Å². The van der Waals surface area contributed by atoms with Crippen LogP contribution >= 0.6 is 0 Å². The Morgan fingerprint density at radius 3 is 2.76 bits per heavy atom. The van der Waals surface area contributed by atoms with Gasteiger partial charge in [0.25, 0.3) is 0 Å². The second-order valence-corrected chi connectivity index (χ2v) is 4.66. The maximum Gasteiger partial charge on any atom is 0.335 e. The van der Waals surface area contributed by atoms with Gasteiger partial charge in [-0.05, 0) is 30.7 Å². The lowest BCUT2D eigenvalue weighted by Gasteiger charge is -2.17. The van der Waals surface area contributed by atoms with Crippen molar-refractivity contribution in [3.05, 3.63) is 47.5 Å². The summed E-state index contributed by atoms with van der Waals surface area (Å²) in [4.78, 5) is 31.4. The number of carbonyl (C=O) groups is 2. The molecule has 0 saturated carbocycles. The first-order valence-corrected chi connectivity index (χ1v) is 6.31. The summed E-state index contributed by atoms with van der Waals surface area (Å²) in [5.74, 6) is -0.301. The third-order valence-electron chi connectivity index (χ3n) is 3.00. The van der Waals surface area contributed by atoms with Crippen LogP contribution in [0.4, 0.5) is 10.5 Å². The Morgan fingerprint density at radius 2 is 2.19 bits per heavy atom. The van der Waals surface area contributed by atoms with E-state index in [9.17, 15) is 9.59 Å². The molecule has 0 fully saturated rings. The van der Waals surface area contributed by atoms with E-state index >= 15 is 0 Å². The molecule has 0 unspecified atom stereocenters. The van der Waals surface area contributed by atoms with Crippen molar-refractivity contribution in [2.45, 2.75) is 13.5 Å². The van der Waals surface area contributed by atoms with E-state index in [-0.39, 0.29) is 11.6 Å². The molecule has 0 saturated heterocycles. The zero-order valence-corrected chi connectivity index (χ0v) is 11.8. The van der Waals surface area contributed by atoms with Crippen molar-refractivity contribution in [2.75, 3.05) is 12.4 Å². The largest absolute Gasteiger partial charge is 0.478 e. The summed E-state index contributed by atoms with van der Waals surface area (Å²) < 4.78 is 0. The Morgan fingerprint density at radius 1 is 1.43 bits per heavy atom. The molecule has 0 aliphatic rings. The number of anilines is 1. The fourth-order valence-electron chi connectivity index (χ4n) is 1.88. The monoisotopic (exact) mass is 288 g/mol. The van der Waals surface area contributed by atoms with Crippen molar-refractivity contribution in [2.24, 2.45) is 0 Å². The Balaban J connectivity index is 2.02. The third kappa shape index (κ3) is 3.59. The van der Waals surface area contributed by atoms with E-state index in [2.05, 4.69) is 15.3 Å². The van der Waals surface area contributed by atoms with Crippen LogP contribution in [0.1, 0.15) is 21.7 Å². The highest BCUT2D eigenvalue weighted by Gasteiger charge is 2.12. The number of carboxylic acid groups (broad SMARTS) is 1. The highest BCUT2D eigenvalue weighted by molar-refractivity contribution is 5.92. The molecule has 0 aliphatic heterocycles. The number of urea groups is 1. The van der Waals surface area contributed by atoms with Crippen molar-refractivity contribution in [1.29, 1.82) is 0 Å². The van der Waals surface area contributed by atoms with E-state index in [4.69, 9.17) is 5.11 Å². The summed E-state index contributed by atoms with van der Waals surface area (Å²) in [7, 11) is 1.65. The average Bonchev–Trinajstić information content (AvgIpc) is 2.91. The second kappa shape index (κ2) is 6.08. The van der Waals surface area contributed by atoms with Crippen LogP contribution in [0.3, 0.4) is 0 Å². The Labute approximate surface area is 121 Å². The highest BCUT2D eigenvalue weighted by Crippen LogP contribution is 2.15. The fourth-order valence-corrected chi connectivity index (χ4v) is 1.88. The molecule has 7 nitrogen and oxygen atoms in total. The zero-order chi connectivity index (χ0) is 15.4. The number of imidazole rings is 1. The van der Waals surface area contributed by atoms with Crippen LogP contribution in [0.2, 0.25) is 0 Å². The molecule has 2 rings (SSSR count). The van der Waals surface area contributed by atoms with E-state index < -0.39 is 5.97 Å². The van der Waals surface area contributed by atoms with E-state index in [0.29, 0.717) is 23.6 Å². The van der Waals surface area contributed by atoms with Crippen LogP contribution in [-0.2, 0) is 6.54 Å². The SMILES string of the molecule is Cc1cc(NC(=O)N(C)Cc2ncc[nH]2)ccc1C(=O)O. The topological polar surface area (TPSA) is 98.3 Å². The number of nitrogens with zero attached hydrogens (tertiary/aromatic N) is 2. The average molecular weight is 288 g/mol. The maximum absolute atomic E-state index is 12.0. The molecule has 0 aliphatic carbocycles. The molecule has 1 heterocycles. The Bertz CT molecular complexity index is 652. The van der Waals surface area contributed by atoms with Gasteiger partial charge in [-0.2, -0.15) is 0 Å². The van der Waals surface area contributed by atoms with E-state index in [0.717, 1.165) is 0 Å². The lowest BCUT2D eigenvalue weighted by atomic mass is 10.1. The van der Waals surface area contributed by atoms with Gasteiger partial charge in [0, 0.05) is 25.1 Å². The minimum Gasteiger partial charge on any atom is -0.478 e. The number of aromatic amines is 1. The number of rotatable bonds is 4. The number of carbonyl (C=O) groups excluding carboxylic acids is 1. The molecule has 0 radical (unpaired) electrons. The number of hydrogen-bond acceptors (Lipinski definition) is 3. The van der Waals surface area contributed by atoms with Gasteiger partial charge in [0.15, 0.2) is 0 Å². The molecule has 110 valence electrons. The maximum atomic E-state index is 12.0. The number of aryl methyl sites for hydroxylation is 1. The molecular weight excluding hydrogens is 272 g/mol. The first-order valence-electron chi connectivity index (χ1n) is 6.31. The molecule has 0 bridgehead atoms. The first-order chi connectivity index (χ1) is 9.97. The van der Waals surface area contributed by atoms with Crippen LogP contribution in [0.5, 0.6) is 0 Å². The number of hydrogen-bond donors (Lipinski definition) is 3. The van der Waals surface area contributed by atoms with Gasteiger partial charge in [0.1, 0.15) is 5.82 Å². The summed E-state index contributed by atoms with van der Waals surface area (Å²) in [5, 5.41) is 11.7. The molecule has 1 aromatic carbocycles. The molecule has 2 aromatic rings. The van der Waals surface area contributed by atoms with Gasteiger partial charge in [0.2, 0.25) is 0 Å². The summed E-state index contributed by atoms with van der Waals surface area (Å²) >= 11 is 0. The van der Waals surface area contributed by atoms with Crippen LogP contribution in [-0.4, -0.2) is 39.0 Å². The number of aromatic nitrogens is 2. The first kappa shape index (κ1) is 14.6. The van der Waals surface area contributed by atoms with Crippen molar-refractivity contribution in [1.82, 2.24) is 14.9 Å². The summed E-state index contributed by atoms with van der Waals surface area (Å²) in [6.45, 7) is 2.04. The standard InChI is InChI=1S/C14H16N4O3/c1-9-7-10(3-4-11(9)13(19)20)17-14(21)18(2)8-12-15-5-6-16-12/h3-7H,8H2,1-2H3,(H,15,16)(H,17,21)(H,19,20). The number of benzene rings is 1. The normalized spacial score (nSPS) is 10.2. The van der Waals surface area contributed by atoms with Gasteiger partial charge in [-0.15, -0.1) is 0 Å². The van der Waals surface area contributed by atoms with Gasteiger partial charge in [-0.1, -0.05) is 0 Å². The molecule has 7 heteroatoms. The summed E-state index contributed by atoms with van der Waals surface area (Å²) in [6.07, 6.45) is 3.31. The minimum atomic E-state index is -0.986. The number of nitrogens with one attached hydrogen (secondary N) is 2. The number of amides is 2. The van der Waals surface area contributed by atoms with Crippen LogP contribution in [0.25, 0.3) is 0 Å². The Hall–Kier alpha value is -2.83. The smallest absolute Gasteiger partial charge is 0.335 e. The second-order valence-electron chi connectivity index (χ2n) is 4.66. The van der Waals surface area contributed by atoms with E-state index in [1.165, 1.54) is 11.0 Å². The van der Waals surface area contributed by atoms with Crippen molar-refractivity contribution in [3.63, 3.8) is 0 Å². The number of aromatic carboxylic acids is 1. The van der Waals surface area contributed by atoms with Crippen LogP contribution in [0.15, 0.2) is 30.6 Å². The van der Waals surface area contributed by atoms with Gasteiger partial charge in [-0.25, -0.2) is 14.6 Å². The fraction of sp³-hybridized carbons (Fsp3) is 0.214. The molecule has 0 spiro atoms. The van der Waals surface area contributed by atoms with Gasteiger partial charge >= 0.3 is 12.0 Å². The molecule has 21 heavy (non-hydrogen) atoms. The molecule has 2 amide bonds. The summed E-state index contributed by atoms with van der Waals surface area (Å²) in [5.41, 5.74) is 1.36. The Kier molecular flexibility index (Phi) is 4.22. The van der Waals surface area contributed by atoms with Gasteiger partial charge in [-0.3, -0.25) is 0 Å². The van der Waals surface area contributed by atoms with Crippen LogP contribution < -0.4 is 5.32 Å². The van der Waals surface area contributed by atoms with Gasteiger partial charge < -0.3 is 20.3 Å². The van der Waals surface area contributed by atoms with E-state index in [1.54, 1.807) is 38.5 Å². The van der Waals surface area contributed by atoms with E-state index in [1.807, 2.05) is 0 Å². The number of carboxylic acids is 1. The third-order valence-corrected chi connectivity index (χ3v) is 3.00. The molecule has 0 atom stereocenters. The predicted molar refractivity (Wildman–Crippen MR) is 77.2 cm³/mol. The minimum absolute atomic E-state index is 0.219. The quantitative estimate of drug-likeness (QED) is 0.802. The highest BCUT2D eigenvalue weighted by atomic mass is 16.4. The summed E-state index contributed by atoms with van der Waals surface area (Å²) in [6, 6.07) is 4.37. The van der Waals surface area contributed by atoms with Crippen molar-refractivity contribution in [3.8, 4) is 0 Å². The zero-order valence-electron chi connectivity index (χ0n) is 11.8.